The van der Waals surface area contributed by atoms with Gasteiger partial charge in [0.25, 0.3) is 0 Å². The van der Waals surface area contributed by atoms with Gasteiger partial charge in [-0.1, -0.05) is 49.2 Å². The van der Waals surface area contributed by atoms with E-state index < -0.39 is 13.3 Å². The molecule has 0 aromatic heterocycles. The molecule has 0 fully saturated rings. The second kappa shape index (κ2) is 6.50. The quantitative estimate of drug-likeness (QED) is 0.807. The molecule has 2 aromatic carbocycles. The second-order valence-corrected chi connectivity index (χ2v) is 8.11. The number of benzene rings is 2. The lowest BCUT2D eigenvalue weighted by Crippen LogP contribution is -2.23. The zero-order chi connectivity index (χ0) is 16.3. The largest absolute Gasteiger partial charge is 0.404 e. The van der Waals surface area contributed by atoms with Crippen molar-refractivity contribution in [3.8, 4) is 0 Å². The van der Waals surface area contributed by atoms with Gasteiger partial charge >= 0.3 is 13.3 Å². The Bertz CT molecular complexity index is 651. The summed E-state index contributed by atoms with van der Waals surface area (Å²) in [6.07, 6.45) is 0. The van der Waals surface area contributed by atoms with Gasteiger partial charge < -0.3 is 4.52 Å². The first-order valence-electron chi connectivity index (χ1n) is 7.31. The Hall–Kier alpha value is -1.86. The van der Waals surface area contributed by atoms with Crippen molar-refractivity contribution in [2.45, 2.75) is 27.7 Å². The Morgan fingerprint density at radius 2 is 1.23 bits per heavy atom. The summed E-state index contributed by atoms with van der Waals surface area (Å²) < 4.78 is 19.0. The molecule has 0 aliphatic heterocycles. The van der Waals surface area contributed by atoms with E-state index in [4.69, 9.17) is 4.52 Å². The van der Waals surface area contributed by atoms with E-state index in [0.717, 1.165) is 11.1 Å². The summed E-state index contributed by atoms with van der Waals surface area (Å²) in [4.78, 5) is 12.0. The first-order valence-corrected chi connectivity index (χ1v) is 8.93. The molecule has 2 rings (SSSR count). The number of carbonyl (C=O) groups excluding carboxylic acids is 1. The van der Waals surface area contributed by atoms with Gasteiger partial charge in [0.05, 0.1) is 16.5 Å². The molecule has 0 spiro atoms. The number of hydrogen-bond acceptors (Lipinski definition) is 3. The third kappa shape index (κ3) is 3.48. The molecular formula is C18H21O3P. The highest BCUT2D eigenvalue weighted by molar-refractivity contribution is 7.74. The van der Waals surface area contributed by atoms with Gasteiger partial charge in [0.1, 0.15) is 0 Å². The molecule has 0 saturated heterocycles. The molecule has 0 heterocycles. The van der Waals surface area contributed by atoms with Crippen LogP contribution < -0.4 is 10.6 Å². The van der Waals surface area contributed by atoms with Gasteiger partial charge in [0, 0.05) is 0 Å². The van der Waals surface area contributed by atoms with E-state index in [1.165, 1.54) is 0 Å². The first kappa shape index (κ1) is 16.5. The molecule has 22 heavy (non-hydrogen) atoms. The molecular weight excluding hydrogens is 295 g/mol. The minimum absolute atomic E-state index is 0.329. The molecule has 0 bridgehead atoms. The predicted molar refractivity (Wildman–Crippen MR) is 90.2 cm³/mol. The molecule has 0 amide bonds. The van der Waals surface area contributed by atoms with Crippen molar-refractivity contribution >= 4 is 23.9 Å². The van der Waals surface area contributed by atoms with E-state index in [9.17, 15) is 9.36 Å². The van der Waals surface area contributed by atoms with Crippen LogP contribution in [0.5, 0.6) is 0 Å². The zero-order valence-electron chi connectivity index (χ0n) is 13.4. The molecule has 0 N–H and O–H groups in total. The maximum atomic E-state index is 13.5. The van der Waals surface area contributed by atoms with Crippen LogP contribution in [0.1, 0.15) is 25.0 Å². The normalized spacial score (nSPS) is 11.5. The Labute approximate surface area is 131 Å². The molecule has 0 aliphatic rings. The highest BCUT2D eigenvalue weighted by Gasteiger charge is 2.33. The monoisotopic (exact) mass is 316 g/mol. The molecule has 3 nitrogen and oxygen atoms in total. The van der Waals surface area contributed by atoms with Crippen LogP contribution in [-0.4, -0.2) is 5.97 Å². The third-order valence-corrected chi connectivity index (χ3v) is 5.83. The molecule has 116 valence electrons. The van der Waals surface area contributed by atoms with Crippen molar-refractivity contribution < 1.29 is 13.9 Å². The number of rotatable bonds is 4. The number of aryl methyl sites for hydroxylation is 2. The van der Waals surface area contributed by atoms with Gasteiger partial charge in [-0.05, 0) is 38.1 Å². The first-order chi connectivity index (χ1) is 10.3. The third-order valence-electron chi connectivity index (χ3n) is 3.44. The smallest absolute Gasteiger partial charge is 0.313 e. The fraction of sp³-hybridized carbons (Fsp3) is 0.278. The van der Waals surface area contributed by atoms with Gasteiger partial charge in [-0.3, -0.25) is 9.36 Å². The van der Waals surface area contributed by atoms with Gasteiger partial charge in [0.15, 0.2) is 0 Å². The predicted octanol–water partition coefficient (Wildman–Crippen LogP) is 3.73. The fourth-order valence-corrected chi connectivity index (χ4v) is 4.02. The van der Waals surface area contributed by atoms with Crippen LogP contribution in [-0.2, 0) is 13.9 Å². The maximum Gasteiger partial charge on any atom is 0.313 e. The SMILES string of the molecule is Cc1ccc(P(=O)(OC(=O)C(C)C)c2ccc(C)cc2)cc1. The standard InChI is InChI=1S/C18H21O3P/c1-13(2)18(19)21-22(20,16-9-5-14(3)6-10-16)17-11-7-15(4)8-12-17/h5-13H,1-4H3. The van der Waals surface area contributed by atoms with Crippen molar-refractivity contribution in [1.82, 2.24) is 0 Å². The lowest BCUT2D eigenvalue weighted by molar-refractivity contribution is -0.137. The summed E-state index contributed by atoms with van der Waals surface area (Å²) >= 11 is 0. The van der Waals surface area contributed by atoms with Crippen LogP contribution in [0.15, 0.2) is 48.5 Å². The van der Waals surface area contributed by atoms with Crippen LogP contribution >= 0.6 is 7.37 Å². The Morgan fingerprint density at radius 3 is 1.55 bits per heavy atom. The Kier molecular flexibility index (Phi) is 4.87. The molecule has 0 aliphatic carbocycles. The average Bonchev–Trinajstić information content (AvgIpc) is 2.48. The van der Waals surface area contributed by atoms with Crippen molar-refractivity contribution in [3.05, 3.63) is 59.7 Å². The minimum Gasteiger partial charge on any atom is -0.404 e. The molecule has 0 saturated carbocycles. The molecule has 0 atom stereocenters. The van der Waals surface area contributed by atoms with Crippen LogP contribution in [0.4, 0.5) is 0 Å². The van der Waals surface area contributed by atoms with E-state index >= 15 is 0 Å². The molecule has 4 heteroatoms. The van der Waals surface area contributed by atoms with Crippen molar-refractivity contribution in [1.29, 1.82) is 0 Å². The van der Waals surface area contributed by atoms with Crippen molar-refractivity contribution in [2.75, 3.05) is 0 Å². The van der Waals surface area contributed by atoms with Gasteiger partial charge in [-0.15, -0.1) is 0 Å². The summed E-state index contributed by atoms with van der Waals surface area (Å²) in [6.45, 7) is 7.38. The van der Waals surface area contributed by atoms with Crippen LogP contribution in [0.25, 0.3) is 0 Å². The summed E-state index contributed by atoms with van der Waals surface area (Å²) in [6, 6.07) is 14.6. The molecule has 2 aromatic rings. The van der Waals surface area contributed by atoms with Crippen molar-refractivity contribution in [2.24, 2.45) is 5.92 Å². The Morgan fingerprint density at radius 1 is 0.864 bits per heavy atom. The van der Waals surface area contributed by atoms with Crippen LogP contribution in [0, 0.1) is 19.8 Å². The highest BCUT2D eigenvalue weighted by Crippen LogP contribution is 2.45. The second-order valence-electron chi connectivity index (χ2n) is 5.79. The number of hydrogen-bond donors (Lipinski definition) is 0. The zero-order valence-corrected chi connectivity index (χ0v) is 14.3. The van der Waals surface area contributed by atoms with E-state index in [-0.39, 0.29) is 5.92 Å². The summed E-state index contributed by atoms with van der Waals surface area (Å²) in [7, 11) is -3.42. The minimum atomic E-state index is -3.42. The molecule has 0 unspecified atom stereocenters. The lowest BCUT2D eigenvalue weighted by Gasteiger charge is -2.20. The van der Waals surface area contributed by atoms with E-state index in [2.05, 4.69) is 0 Å². The number of carbonyl (C=O) groups is 1. The van der Waals surface area contributed by atoms with E-state index in [0.29, 0.717) is 10.6 Å². The Balaban J connectivity index is 2.53. The summed E-state index contributed by atoms with van der Waals surface area (Å²) in [5, 5.41) is 1.08. The lowest BCUT2D eigenvalue weighted by atomic mass is 10.2. The summed E-state index contributed by atoms with van der Waals surface area (Å²) in [5.41, 5.74) is 2.13. The van der Waals surface area contributed by atoms with Crippen molar-refractivity contribution in [3.63, 3.8) is 0 Å². The highest BCUT2D eigenvalue weighted by atomic mass is 31.2. The molecule has 0 radical (unpaired) electrons. The van der Waals surface area contributed by atoms with Gasteiger partial charge in [-0.2, -0.15) is 0 Å². The van der Waals surface area contributed by atoms with Gasteiger partial charge in [-0.25, -0.2) is 0 Å². The average molecular weight is 316 g/mol. The van der Waals surface area contributed by atoms with E-state index in [1.54, 1.807) is 38.1 Å². The van der Waals surface area contributed by atoms with Crippen LogP contribution in [0.2, 0.25) is 0 Å². The van der Waals surface area contributed by atoms with E-state index in [1.807, 2.05) is 38.1 Å². The van der Waals surface area contributed by atoms with Crippen LogP contribution in [0.3, 0.4) is 0 Å². The summed E-state index contributed by atoms with van der Waals surface area (Å²) in [5.74, 6) is -0.784. The fourth-order valence-electron chi connectivity index (χ4n) is 1.97. The van der Waals surface area contributed by atoms with Gasteiger partial charge in [0.2, 0.25) is 0 Å². The maximum absolute atomic E-state index is 13.5. The topological polar surface area (TPSA) is 43.4 Å².